The summed E-state index contributed by atoms with van der Waals surface area (Å²) in [5, 5.41) is 7.32. The molecule has 0 aliphatic rings. The summed E-state index contributed by atoms with van der Waals surface area (Å²) in [6, 6.07) is 20.4. The number of alkyl halides is 3. The molecule has 0 spiro atoms. The molecule has 8 heteroatoms. The van der Waals surface area contributed by atoms with Gasteiger partial charge in [0.05, 0.1) is 16.7 Å². The normalized spacial score (nSPS) is 11.5. The number of rotatable bonds is 8. The molecule has 1 amide bonds. The lowest BCUT2D eigenvalue weighted by molar-refractivity contribution is -0.137. The zero-order chi connectivity index (χ0) is 23.3. The number of benzene rings is 3. The van der Waals surface area contributed by atoms with Crippen LogP contribution >= 0.6 is 11.5 Å². The van der Waals surface area contributed by atoms with Crippen molar-refractivity contribution in [2.45, 2.75) is 19.0 Å². The molecule has 0 saturated carbocycles. The van der Waals surface area contributed by atoms with Crippen molar-refractivity contribution in [3.05, 3.63) is 83.9 Å². The fourth-order valence-corrected chi connectivity index (χ4v) is 4.21. The van der Waals surface area contributed by atoms with Gasteiger partial charge in [0.1, 0.15) is 5.82 Å². The van der Waals surface area contributed by atoms with Gasteiger partial charge in [-0.15, -0.1) is 0 Å². The van der Waals surface area contributed by atoms with E-state index in [2.05, 4.69) is 15.0 Å². The molecule has 1 aromatic heterocycles. The van der Waals surface area contributed by atoms with E-state index < -0.39 is 11.7 Å². The van der Waals surface area contributed by atoms with Gasteiger partial charge in [0.2, 0.25) is 5.91 Å². The molecule has 0 aliphatic heterocycles. The molecule has 0 fully saturated rings. The first-order chi connectivity index (χ1) is 15.9. The van der Waals surface area contributed by atoms with E-state index in [4.69, 9.17) is 0 Å². The average Bonchev–Trinajstić information content (AvgIpc) is 3.22. The quantitative estimate of drug-likeness (QED) is 0.305. The minimum absolute atomic E-state index is 0.0728. The summed E-state index contributed by atoms with van der Waals surface area (Å²) in [5.41, 5.74) is 1.66. The lowest BCUT2D eigenvalue weighted by Crippen LogP contribution is -2.27. The molecule has 33 heavy (non-hydrogen) atoms. The Bertz CT molecular complexity index is 1220. The fourth-order valence-electron chi connectivity index (χ4n) is 3.45. The number of anilines is 1. The molecular formula is C25H22F3N3OS. The molecule has 0 unspecified atom stereocenters. The van der Waals surface area contributed by atoms with Crippen LogP contribution in [0.1, 0.15) is 17.5 Å². The summed E-state index contributed by atoms with van der Waals surface area (Å²) in [5.74, 6) is 0.798. The van der Waals surface area contributed by atoms with Gasteiger partial charge >= 0.3 is 6.18 Å². The van der Waals surface area contributed by atoms with Gasteiger partial charge in [-0.25, -0.2) is 0 Å². The maximum atomic E-state index is 12.7. The van der Waals surface area contributed by atoms with Crippen molar-refractivity contribution in [1.82, 2.24) is 9.69 Å². The largest absolute Gasteiger partial charge is 0.416 e. The van der Waals surface area contributed by atoms with Crippen LogP contribution < -0.4 is 10.6 Å². The van der Waals surface area contributed by atoms with Gasteiger partial charge in [-0.3, -0.25) is 4.79 Å². The van der Waals surface area contributed by atoms with Gasteiger partial charge in [0.15, 0.2) is 0 Å². The van der Waals surface area contributed by atoms with E-state index in [-0.39, 0.29) is 12.3 Å². The minimum atomic E-state index is -4.35. The zero-order valence-electron chi connectivity index (χ0n) is 17.7. The first-order valence-electron chi connectivity index (χ1n) is 10.5. The topological polar surface area (TPSA) is 54.0 Å². The molecule has 0 aliphatic carbocycles. The lowest BCUT2D eigenvalue weighted by Gasteiger charge is -2.09. The highest BCUT2D eigenvalue weighted by Gasteiger charge is 2.29. The smallest absolute Gasteiger partial charge is 0.369 e. The van der Waals surface area contributed by atoms with Gasteiger partial charge in [0.25, 0.3) is 0 Å². The first kappa shape index (κ1) is 22.8. The molecule has 0 atom stereocenters. The zero-order valence-corrected chi connectivity index (χ0v) is 18.5. The summed E-state index contributed by atoms with van der Waals surface area (Å²) in [6.07, 6.45) is -3.33. The molecule has 1 heterocycles. The van der Waals surface area contributed by atoms with Crippen LogP contribution in [0, 0.1) is 0 Å². The van der Waals surface area contributed by atoms with E-state index in [0.717, 1.165) is 45.6 Å². The number of carbonyl (C=O) groups excluding carboxylic acids is 1. The average molecular weight is 470 g/mol. The number of fused-ring (bicyclic) bond motifs is 1. The highest BCUT2D eigenvalue weighted by Crippen LogP contribution is 2.31. The lowest BCUT2D eigenvalue weighted by atomic mass is 10.0. The van der Waals surface area contributed by atoms with E-state index in [1.807, 2.05) is 48.5 Å². The predicted molar refractivity (Wildman–Crippen MR) is 126 cm³/mol. The number of hydrogen-bond donors (Lipinski definition) is 2. The van der Waals surface area contributed by atoms with Crippen LogP contribution in [0.3, 0.4) is 0 Å². The number of carbonyl (C=O) groups is 1. The van der Waals surface area contributed by atoms with Crippen LogP contribution in [-0.4, -0.2) is 23.4 Å². The molecule has 2 N–H and O–H groups in total. The number of aromatic nitrogens is 1. The van der Waals surface area contributed by atoms with Crippen molar-refractivity contribution < 1.29 is 18.0 Å². The van der Waals surface area contributed by atoms with Crippen LogP contribution in [0.2, 0.25) is 0 Å². The second-order valence-electron chi connectivity index (χ2n) is 7.61. The fraction of sp³-hybridized carbons (Fsp3) is 0.200. The second kappa shape index (κ2) is 10.0. The van der Waals surface area contributed by atoms with Crippen molar-refractivity contribution in [1.29, 1.82) is 0 Å². The van der Waals surface area contributed by atoms with E-state index >= 15 is 0 Å². The van der Waals surface area contributed by atoms with Gasteiger partial charge < -0.3 is 10.6 Å². The van der Waals surface area contributed by atoms with Crippen LogP contribution in [0.15, 0.2) is 72.8 Å². The molecule has 0 saturated heterocycles. The van der Waals surface area contributed by atoms with Crippen LogP contribution in [0.5, 0.6) is 0 Å². The van der Waals surface area contributed by atoms with Crippen molar-refractivity contribution in [3.63, 3.8) is 0 Å². The van der Waals surface area contributed by atoms with Crippen LogP contribution in [0.25, 0.3) is 21.2 Å². The van der Waals surface area contributed by atoms with Crippen molar-refractivity contribution >= 4 is 33.3 Å². The predicted octanol–water partition coefficient (Wildman–Crippen LogP) is 6.14. The molecule has 4 rings (SSSR count). The Hall–Kier alpha value is -3.39. The maximum Gasteiger partial charge on any atom is 0.416 e. The van der Waals surface area contributed by atoms with E-state index in [1.54, 1.807) is 0 Å². The minimum Gasteiger partial charge on any atom is -0.369 e. The van der Waals surface area contributed by atoms with Crippen LogP contribution in [0.4, 0.5) is 19.0 Å². The SMILES string of the molecule is O=C(Cc1ccc(-c2ccc(C(F)(F)F)cc2)cc1)NCCCNc1nsc2ccccc12. The summed E-state index contributed by atoms with van der Waals surface area (Å²) < 4.78 is 43.7. The molecule has 4 nitrogen and oxygen atoms in total. The van der Waals surface area contributed by atoms with Gasteiger partial charge in [-0.05, 0) is 58.9 Å². The summed E-state index contributed by atoms with van der Waals surface area (Å²) in [7, 11) is 0. The third-order valence-electron chi connectivity index (χ3n) is 5.21. The Morgan fingerprint density at radius 3 is 2.24 bits per heavy atom. The maximum absolute atomic E-state index is 12.7. The molecule has 170 valence electrons. The van der Waals surface area contributed by atoms with E-state index in [0.29, 0.717) is 18.7 Å². The molecular weight excluding hydrogens is 447 g/mol. The monoisotopic (exact) mass is 469 g/mol. The van der Waals surface area contributed by atoms with Crippen molar-refractivity contribution in [2.75, 3.05) is 18.4 Å². The van der Waals surface area contributed by atoms with Crippen molar-refractivity contribution in [2.24, 2.45) is 0 Å². The molecule has 3 aromatic carbocycles. The van der Waals surface area contributed by atoms with E-state index in [1.165, 1.54) is 23.7 Å². The Kier molecular flexibility index (Phi) is 6.93. The Morgan fingerprint density at radius 2 is 1.55 bits per heavy atom. The second-order valence-corrected chi connectivity index (χ2v) is 8.41. The van der Waals surface area contributed by atoms with Crippen molar-refractivity contribution in [3.8, 4) is 11.1 Å². The molecule has 0 bridgehead atoms. The standard InChI is InChI=1S/C25H22F3N3OS/c26-25(27,28)20-12-10-19(11-13-20)18-8-6-17(7-9-18)16-23(32)29-14-3-15-30-24-21-4-1-2-5-22(21)33-31-24/h1-2,4-13H,3,14-16H2,(H,29,32)(H,30,31). The van der Waals surface area contributed by atoms with Gasteiger partial charge in [-0.1, -0.05) is 48.5 Å². The Morgan fingerprint density at radius 1 is 0.879 bits per heavy atom. The number of nitrogens with one attached hydrogen (secondary N) is 2. The molecule has 4 aromatic rings. The Balaban J connectivity index is 1.21. The third-order valence-corrected chi connectivity index (χ3v) is 6.04. The first-order valence-corrected chi connectivity index (χ1v) is 11.3. The van der Waals surface area contributed by atoms with Crippen LogP contribution in [-0.2, 0) is 17.4 Å². The number of halogens is 3. The van der Waals surface area contributed by atoms with E-state index in [9.17, 15) is 18.0 Å². The third kappa shape index (κ3) is 5.90. The number of hydrogen-bond acceptors (Lipinski definition) is 4. The number of nitrogens with zero attached hydrogens (tertiary/aromatic N) is 1. The van der Waals surface area contributed by atoms with Gasteiger partial charge in [-0.2, -0.15) is 17.5 Å². The molecule has 0 radical (unpaired) electrons. The summed E-state index contributed by atoms with van der Waals surface area (Å²) in [4.78, 5) is 12.2. The highest BCUT2D eigenvalue weighted by atomic mass is 32.1. The summed E-state index contributed by atoms with van der Waals surface area (Å²) >= 11 is 1.46. The number of amides is 1. The summed E-state index contributed by atoms with van der Waals surface area (Å²) in [6.45, 7) is 1.26. The Labute approximate surface area is 193 Å². The highest BCUT2D eigenvalue weighted by molar-refractivity contribution is 7.13. The van der Waals surface area contributed by atoms with Gasteiger partial charge in [0, 0.05) is 18.5 Å².